The van der Waals surface area contributed by atoms with E-state index < -0.39 is 5.09 Å². The van der Waals surface area contributed by atoms with Crippen molar-refractivity contribution < 1.29 is 51.4 Å². The van der Waals surface area contributed by atoms with Crippen LogP contribution < -0.4 is 24.0 Å². The zero-order valence-electron chi connectivity index (χ0n) is 2.35. The molecule has 0 aromatic heterocycles. The van der Waals surface area contributed by atoms with Crippen molar-refractivity contribution in [2.45, 2.75) is 0 Å². The van der Waals surface area contributed by atoms with E-state index in [4.69, 9.17) is 15.3 Å². The molecule has 0 aliphatic rings. The summed E-state index contributed by atoms with van der Waals surface area (Å²) in [5.41, 5.74) is 0. The van der Waals surface area contributed by atoms with Crippen molar-refractivity contribution in [3.63, 3.8) is 0 Å². The van der Waals surface area contributed by atoms with E-state index in [2.05, 4.69) is 0 Å². The smallest absolute Gasteiger partial charge is 1.00 e. The van der Waals surface area contributed by atoms with Crippen LogP contribution in [0.15, 0.2) is 0 Å². The molecule has 0 saturated heterocycles. The Kier molecular flexibility index (Phi) is 24.4. The van der Waals surface area contributed by atoms with Gasteiger partial charge in [0, 0.05) is 0 Å². The number of hydrogen-bond donors (Lipinski definition) is 0. The Hall–Kier alpha value is 0.670. The first-order chi connectivity index (χ1) is 1.73. The van der Waals surface area contributed by atoms with E-state index in [0.717, 1.165) is 0 Å². The Balaban J connectivity index is -0.0000000450. The van der Waals surface area contributed by atoms with E-state index in [0.29, 0.717) is 0 Å². The first-order valence-corrected chi connectivity index (χ1v) is 0.548. The summed E-state index contributed by atoms with van der Waals surface area (Å²) >= 11 is 0. The van der Waals surface area contributed by atoms with Gasteiger partial charge in [0.1, 0.15) is 0 Å². The monoisotopic (exact) mass is 296 g/mol. The third-order valence-corrected chi connectivity index (χ3v) is 0. The number of halogens is 1. The van der Waals surface area contributed by atoms with Gasteiger partial charge in [-0.2, -0.15) is 0 Å². The summed E-state index contributed by atoms with van der Waals surface area (Å²) in [4.78, 5) is 8.25. The summed E-state index contributed by atoms with van der Waals surface area (Å²) in [5.74, 6) is 0. The maximum Gasteiger partial charge on any atom is 2.00 e. The molecule has 4 nitrogen and oxygen atoms in total. The molecule has 0 saturated carbocycles. The molecule has 0 unspecified atom stereocenters. The van der Waals surface area contributed by atoms with Gasteiger partial charge in [-0.25, -0.2) is 0 Å². The molecule has 0 fully saturated rings. The van der Waals surface area contributed by atoms with Gasteiger partial charge in [0.15, 0.2) is 0 Å². The fourth-order valence-corrected chi connectivity index (χ4v) is 0. The Morgan fingerprint density at radius 1 is 1.33 bits per heavy atom. The van der Waals surface area contributed by atoms with Gasteiger partial charge in [-0.3, -0.25) is 0 Å². The molecule has 0 heterocycles. The number of hydrogen-bond acceptors (Lipinski definition) is 3. The van der Waals surface area contributed by atoms with Gasteiger partial charge in [-0.05, 0) is 0 Å². The third-order valence-electron chi connectivity index (χ3n) is 0. The van der Waals surface area contributed by atoms with Crippen LogP contribution in [0.5, 0.6) is 0 Å². The molecule has 0 rings (SSSR count). The van der Waals surface area contributed by atoms with Gasteiger partial charge in [0.25, 0.3) is 0 Å². The van der Waals surface area contributed by atoms with Crippen LogP contribution >= 0.6 is 0 Å². The minimum atomic E-state index is -1.75. The van der Waals surface area contributed by atoms with Crippen molar-refractivity contribution in [1.29, 1.82) is 0 Å². The summed E-state index contributed by atoms with van der Waals surface area (Å²) in [7, 11) is 0. The van der Waals surface area contributed by atoms with Crippen molar-refractivity contribution in [2.75, 3.05) is 0 Å². The predicted octanol–water partition coefficient (Wildman–Crippen LogP) is -3.24. The summed E-state index contributed by atoms with van der Waals surface area (Å²) in [6.07, 6.45) is 0. The minimum Gasteiger partial charge on any atom is -1.00 e. The Morgan fingerprint density at radius 2 is 1.33 bits per heavy atom. The quantitative estimate of drug-likeness (QED) is 0.204. The fraction of sp³-hybridized carbons (Fsp3) is 0. The van der Waals surface area contributed by atoms with Crippen LogP contribution in [0.2, 0.25) is 0 Å². The fourth-order valence-electron chi connectivity index (χ4n) is 0. The maximum absolute atomic E-state index is 8.25. The molecule has 0 atom stereocenters. The molecule has 0 aliphatic heterocycles. The van der Waals surface area contributed by atoms with Gasteiger partial charge in [0.2, 0.25) is 0 Å². The summed E-state index contributed by atoms with van der Waals surface area (Å²) in [5, 5.41) is 14.8. The van der Waals surface area contributed by atoms with Crippen molar-refractivity contribution >= 4 is 0 Å². The molecule has 0 bridgehead atoms. The first kappa shape index (κ1) is 15.9. The van der Waals surface area contributed by atoms with Crippen LogP contribution in [0.25, 0.3) is 0 Å². The molecule has 1 radical (unpaired) electrons. The minimum absolute atomic E-state index is 0. The van der Waals surface area contributed by atoms with Crippen LogP contribution in [-0.2, 0) is 22.4 Å². The normalized spacial score (nSPS) is 4.00. The van der Waals surface area contributed by atoms with Gasteiger partial charge in [-0.1, -0.05) is 0 Å². The van der Waals surface area contributed by atoms with Gasteiger partial charge < -0.3 is 39.3 Å². The van der Waals surface area contributed by atoms with Gasteiger partial charge in [-0.15, -0.1) is 0 Å². The Bertz CT molecular complexity index is 33.8. The second-order valence-corrected chi connectivity index (χ2v) is 0.224. The molecule has 0 aromatic carbocycles. The topological polar surface area (TPSA) is 66.2 Å². The average Bonchev–Trinajstić information content (AvgIpc) is 0.811. The third kappa shape index (κ3) is 140. The van der Waals surface area contributed by atoms with E-state index >= 15 is 0 Å². The standard InChI is InChI=1S/Ag.HI.NO3/c;;2-1(3)4/h;1H;/q+2;;-1/p-1. The van der Waals surface area contributed by atoms with Crippen molar-refractivity contribution in [2.24, 2.45) is 0 Å². The van der Waals surface area contributed by atoms with Crippen molar-refractivity contribution in [3.05, 3.63) is 15.3 Å². The van der Waals surface area contributed by atoms with Gasteiger partial charge in [0.05, 0.1) is 5.09 Å². The molecular weight excluding hydrogens is 297 g/mol. The van der Waals surface area contributed by atoms with Crippen LogP contribution in [0.4, 0.5) is 0 Å². The van der Waals surface area contributed by atoms with Crippen molar-refractivity contribution in [3.8, 4) is 0 Å². The van der Waals surface area contributed by atoms with Gasteiger partial charge >= 0.3 is 22.4 Å². The van der Waals surface area contributed by atoms with Crippen LogP contribution in [0.3, 0.4) is 0 Å². The molecule has 41 valence electrons. The summed E-state index contributed by atoms with van der Waals surface area (Å²) in [6.45, 7) is 0. The summed E-state index contributed by atoms with van der Waals surface area (Å²) in [6, 6.07) is 0. The van der Waals surface area contributed by atoms with E-state index in [1.807, 2.05) is 0 Å². The van der Waals surface area contributed by atoms with E-state index in [9.17, 15) is 0 Å². The predicted molar refractivity (Wildman–Crippen MR) is 10.4 cm³/mol. The molecular formula is AgINO3. The second-order valence-electron chi connectivity index (χ2n) is 0.224. The largest absolute Gasteiger partial charge is 2.00 e. The molecule has 0 amide bonds. The Morgan fingerprint density at radius 3 is 1.33 bits per heavy atom. The van der Waals surface area contributed by atoms with Crippen LogP contribution in [0, 0.1) is 15.3 Å². The maximum atomic E-state index is 8.25. The number of rotatable bonds is 0. The molecule has 0 aromatic rings. The molecule has 0 N–H and O–H groups in total. The van der Waals surface area contributed by atoms with E-state index in [-0.39, 0.29) is 46.4 Å². The molecule has 6 heteroatoms. The zero-order chi connectivity index (χ0) is 3.58. The summed E-state index contributed by atoms with van der Waals surface area (Å²) < 4.78 is 0. The molecule has 0 spiro atoms. The SMILES string of the molecule is O=[N+]([O-])[O-].[Ag+2].[I-]. The van der Waals surface area contributed by atoms with Crippen molar-refractivity contribution in [1.82, 2.24) is 0 Å². The number of nitrogens with zero attached hydrogens (tertiary/aromatic N) is 1. The Labute approximate surface area is 66.6 Å². The molecule has 0 aliphatic carbocycles. The van der Waals surface area contributed by atoms with Crippen LogP contribution in [0.1, 0.15) is 0 Å². The first-order valence-electron chi connectivity index (χ1n) is 0.548. The van der Waals surface area contributed by atoms with E-state index in [1.54, 1.807) is 0 Å². The zero-order valence-corrected chi connectivity index (χ0v) is 5.99. The molecule has 6 heavy (non-hydrogen) atoms. The second kappa shape index (κ2) is 9.18. The average molecular weight is 297 g/mol. The van der Waals surface area contributed by atoms with Crippen LogP contribution in [-0.4, -0.2) is 5.09 Å². The van der Waals surface area contributed by atoms with E-state index in [1.165, 1.54) is 0 Å².